The number of nitrogens with zero attached hydrogens (tertiary/aromatic N) is 1. The van der Waals surface area contributed by atoms with Crippen LogP contribution >= 0.6 is 15.9 Å². The SMILES string of the molecule is Cc1ccc(C)c(NC(=O)CCn2cc(Br)ccc2=O)c1. The molecule has 21 heavy (non-hydrogen) atoms. The Hall–Kier alpha value is -1.88. The number of nitrogens with one attached hydrogen (secondary N) is 1. The maximum atomic E-state index is 12.0. The first-order valence-corrected chi connectivity index (χ1v) is 7.48. The minimum Gasteiger partial charge on any atom is -0.326 e. The summed E-state index contributed by atoms with van der Waals surface area (Å²) in [5.74, 6) is -0.101. The van der Waals surface area contributed by atoms with Crippen LogP contribution in [0.4, 0.5) is 5.69 Å². The number of anilines is 1. The van der Waals surface area contributed by atoms with E-state index in [0.717, 1.165) is 21.3 Å². The molecule has 2 rings (SSSR count). The fourth-order valence-electron chi connectivity index (χ4n) is 1.98. The highest BCUT2D eigenvalue weighted by Crippen LogP contribution is 2.16. The molecule has 0 aliphatic rings. The summed E-state index contributed by atoms with van der Waals surface area (Å²) in [6.45, 7) is 4.29. The lowest BCUT2D eigenvalue weighted by molar-refractivity contribution is -0.116. The lowest BCUT2D eigenvalue weighted by Gasteiger charge is -2.10. The number of benzene rings is 1. The molecular formula is C16H17BrN2O2. The van der Waals surface area contributed by atoms with Crippen LogP contribution in [0.25, 0.3) is 0 Å². The van der Waals surface area contributed by atoms with Crippen LogP contribution in [0.1, 0.15) is 17.5 Å². The fraction of sp³-hybridized carbons (Fsp3) is 0.250. The molecule has 0 aliphatic heterocycles. The number of pyridine rings is 1. The number of carbonyl (C=O) groups is 1. The van der Waals surface area contributed by atoms with E-state index >= 15 is 0 Å². The monoisotopic (exact) mass is 348 g/mol. The van der Waals surface area contributed by atoms with E-state index in [4.69, 9.17) is 0 Å². The first kappa shape index (κ1) is 15.5. The summed E-state index contributed by atoms with van der Waals surface area (Å²) < 4.78 is 2.34. The predicted molar refractivity (Wildman–Crippen MR) is 87.6 cm³/mol. The summed E-state index contributed by atoms with van der Waals surface area (Å²) in [5.41, 5.74) is 2.83. The van der Waals surface area contributed by atoms with Crippen molar-refractivity contribution in [2.75, 3.05) is 5.32 Å². The molecule has 0 bridgehead atoms. The number of halogens is 1. The second-order valence-corrected chi connectivity index (χ2v) is 5.91. The molecule has 0 saturated carbocycles. The molecule has 1 aromatic heterocycles. The van der Waals surface area contributed by atoms with E-state index in [0.29, 0.717) is 6.54 Å². The summed E-state index contributed by atoms with van der Waals surface area (Å²) in [7, 11) is 0. The molecule has 0 aliphatic carbocycles. The Morgan fingerprint density at radius 3 is 2.76 bits per heavy atom. The van der Waals surface area contributed by atoms with Gasteiger partial charge in [-0.2, -0.15) is 0 Å². The molecule has 0 radical (unpaired) electrons. The maximum Gasteiger partial charge on any atom is 0.250 e. The average Bonchev–Trinajstić information content (AvgIpc) is 2.44. The van der Waals surface area contributed by atoms with Gasteiger partial charge in [0.1, 0.15) is 0 Å². The van der Waals surface area contributed by atoms with Crippen molar-refractivity contribution in [2.45, 2.75) is 26.8 Å². The summed E-state index contributed by atoms with van der Waals surface area (Å²) >= 11 is 3.31. The Morgan fingerprint density at radius 2 is 2.00 bits per heavy atom. The molecule has 2 aromatic rings. The minimum absolute atomic E-state index is 0.101. The number of aryl methyl sites for hydroxylation is 3. The van der Waals surface area contributed by atoms with Crippen molar-refractivity contribution in [3.8, 4) is 0 Å². The number of rotatable bonds is 4. The van der Waals surface area contributed by atoms with E-state index in [2.05, 4.69) is 21.2 Å². The number of hydrogen-bond acceptors (Lipinski definition) is 2. The fourth-order valence-corrected chi connectivity index (χ4v) is 2.36. The highest BCUT2D eigenvalue weighted by molar-refractivity contribution is 9.10. The summed E-state index contributed by atoms with van der Waals surface area (Å²) in [4.78, 5) is 23.7. The number of amides is 1. The van der Waals surface area contributed by atoms with Crippen molar-refractivity contribution in [3.63, 3.8) is 0 Å². The van der Waals surface area contributed by atoms with Crippen LogP contribution < -0.4 is 10.9 Å². The van der Waals surface area contributed by atoms with Gasteiger partial charge in [0, 0.05) is 35.4 Å². The zero-order valence-electron chi connectivity index (χ0n) is 12.0. The minimum atomic E-state index is -0.113. The molecular weight excluding hydrogens is 332 g/mol. The maximum absolute atomic E-state index is 12.0. The molecule has 0 spiro atoms. The van der Waals surface area contributed by atoms with Crippen molar-refractivity contribution in [2.24, 2.45) is 0 Å². The van der Waals surface area contributed by atoms with Crippen molar-refractivity contribution in [3.05, 3.63) is 62.5 Å². The van der Waals surface area contributed by atoms with Crippen LogP contribution in [0, 0.1) is 13.8 Å². The molecule has 0 atom stereocenters. The molecule has 4 nitrogen and oxygen atoms in total. The van der Waals surface area contributed by atoms with Crippen LogP contribution in [0.15, 0.2) is 45.8 Å². The van der Waals surface area contributed by atoms with Gasteiger partial charge in [0.05, 0.1) is 0 Å². The molecule has 1 heterocycles. The van der Waals surface area contributed by atoms with Gasteiger partial charge in [-0.15, -0.1) is 0 Å². The van der Waals surface area contributed by atoms with Crippen molar-refractivity contribution in [1.29, 1.82) is 0 Å². The Labute approximate surface area is 131 Å². The molecule has 0 fully saturated rings. The van der Waals surface area contributed by atoms with Crippen molar-refractivity contribution in [1.82, 2.24) is 4.57 Å². The zero-order chi connectivity index (χ0) is 15.4. The largest absolute Gasteiger partial charge is 0.326 e. The van der Waals surface area contributed by atoms with Gasteiger partial charge in [-0.1, -0.05) is 12.1 Å². The van der Waals surface area contributed by atoms with Gasteiger partial charge in [-0.05, 0) is 53.0 Å². The van der Waals surface area contributed by atoms with Gasteiger partial charge in [0.2, 0.25) is 5.91 Å². The van der Waals surface area contributed by atoms with Gasteiger partial charge in [0.25, 0.3) is 5.56 Å². The third-order valence-corrected chi connectivity index (χ3v) is 3.66. The topological polar surface area (TPSA) is 51.1 Å². The normalized spacial score (nSPS) is 10.4. The Morgan fingerprint density at radius 1 is 1.24 bits per heavy atom. The first-order valence-electron chi connectivity index (χ1n) is 6.69. The zero-order valence-corrected chi connectivity index (χ0v) is 13.6. The standard InChI is InChI=1S/C16H17BrN2O2/c1-11-3-4-12(2)14(9-11)18-15(20)7-8-19-10-13(17)5-6-16(19)21/h3-6,9-10H,7-8H2,1-2H3,(H,18,20). The molecule has 1 amide bonds. The Bertz CT molecular complexity index is 722. The summed E-state index contributed by atoms with van der Waals surface area (Å²) in [6, 6.07) is 9.09. The van der Waals surface area contributed by atoms with Gasteiger partial charge >= 0.3 is 0 Å². The van der Waals surface area contributed by atoms with Crippen molar-refractivity contribution < 1.29 is 4.79 Å². The highest BCUT2D eigenvalue weighted by atomic mass is 79.9. The quantitative estimate of drug-likeness (QED) is 0.921. The van der Waals surface area contributed by atoms with Crippen LogP contribution in [0.3, 0.4) is 0 Å². The molecule has 110 valence electrons. The lowest BCUT2D eigenvalue weighted by atomic mass is 10.1. The molecule has 1 N–H and O–H groups in total. The Balaban J connectivity index is 2.01. The van der Waals surface area contributed by atoms with E-state index in [1.165, 1.54) is 10.6 Å². The van der Waals surface area contributed by atoms with Gasteiger partial charge < -0.3 is 9.88 Å². The number of carbonyl (C=O) groups excluding carboxylic acids is 1. The molecule has 0 saturated heterocycles. The van der Waals surface area contributed by atoms with E-state index in [-0.39, 0.29) is 17.9 Å². The summed E-state index contributed by atoms with van der Waals surface area (Å²) in [6.07, 6.45) is 1.94. The van der Waals surface area contributed by atoms with Crippen LogP contribution in [0.2, 0.25) is 0 Å². The Kier molecular flexibility index (Phi) is 4.96. The lowest BCUT2D eigenvalue weighted by Crippen LogP contribution is -2.22. The van der Waals surface area contributed by atoms with Crippen LogP contribution in [-0.2, 0) is 11.3 Å². The first-order chi connectivity index (χ1) is 9.95. The second kappa shape index (κ2) is 6.72. The second-order valence-electron chi connectivity index (χ2n) is 5.00. The third kappa shape index (κ3) is 4.29. The van der Waals surface area contributed by atoms with Gasteiger partial charge in [0.15, 0.2) is 0 Å². The van der Waals surface area contributed by atoms with E-state index in [9.17, 15) is 9.59 Å². The number of hydrogen-bond donors (Lipinski definition) is 1. The molecule has 1 aromatic carbocycles. The number of aromatic nitrogens is 1. The average molecular weight is 349 g/mol. The highest BCUT2D eigenvalue weighted by Gasteiger charge is 2.06. The molecule has 0 unspecified atom stereocenters. The summed E-state index contributed by atoms with van der Waals surface area (Å²) in [5, 5.41) is 2.89. The van der Waals surface area contributed by atoms with Gasteiger partial charge in [-0.25, -0.2) is 0 Å². The predicted octanol–water partition coefficient (Wildman–Crippen LogP) is 3.26. The van der Waals surface area contributed by atoms with Crippen LogP contribution in [0.5, 0.6) is 0 Å². The van der Waals surface area contributed by atoms with Gasteiger partial charge in [-0.3, -0.25) is 9.59 Å². The molecule has 5 heteroatoms. The van der Waals surface area contributed by atoms with Crippen molar-refractivity contribution >= 4 is 27.5 Å². The van der Waals surface area contributed by atoms with E-state index in [1.54, 1.807) is 12.3 Å². The smallest absolute Gasteiger partial charge is 0.250 e. The van der Waals surface area contributed by atoms with E-state index in [1.807, 2.05) is 32.0 Å². The third-order valence-electron chi connectivity index (χ3n) is 3.19. The van der Waals surface area contributed by atoms with Crippen LogP contribution in [-0.4, -0.2) is 10.5 Å². The van der Waals surface area contributed by atoms with E-state index < -0.39 is 0 Å².